The number of fused-ring (bicyclic) bond motifs is 2. The molecule has 6 nitrogen and oxygen atoms in total. The molecule has 0 aliphatic carbocycles. The van der Waals surface area contributed by atoms with Crippen LogP contribution in [0.5, 0.6) is 0 Å². The fraction of sp³-hybridized carbons (Fsp3) is 0. The third kappa shape index (κ3) is 1.96. The maximum absolute atomic E-state index is 11.5. The molecule has 0 aliphatic heterocycles. The van der Waals surface area contributed by atoms with Crippen LogP contribution >= 0.6 is 23.2 Å². The Balaban J connectivity index is 2.78. The third-order valence-electron chi connectivity index (χ3n) is 3.38. The highest BCUT2D eigenvalue weighted by atomic mass is 35.5. The highest BCUT2D eigenvalue weighted by Gasteiger charge is 2.29. The SMILES string of the molecule is O=[N+]([O-])c1c2cccc(Cl)c2c([N+](=O)[O-])c2cccc(Cl)c12. The molecule has 0 radical (unpaired) electrons. The Bertz CT molecular complexity index is 893. The fourth-order valence-corrected chi connectivity index (χ4v) is 3.10. The standard InChI is InChI=1S/C14H6Cl2N2O4/c15-9-5-1-3-7-11(9)14(18(21)22)8-4-2-6-10(16)12(8)13(7)17(19)20/h1-6H. The van der Waals surface area contributed by atoms with Gasteiger partial charge in [-0.3, -0.25) is 20.2 Å². The van der Waals surface area contributed by atoms with Crippen molar-refractivity contribution < 1.29 is 9.85 Å². The van der Waals surface area contributed by atoms with Gasteiger partial charge in [-0.1, -0.05) is 35.3 Å². The van der Waals surface area contributed by atoms with E-state index in [-0.39, 0.29) is 43.0 Å². The fourth-order valence-electron chi connectivity index (χ4n) is 2.57. The second-order valence-corrected chi connectivity index (χ2v) is 5.35. The normalized spacial score (nSPS) is 11.0. The van der Waals surface area contributed by atoms with Gasteiger partial charge in [0.1, 0.15) is 0 Å². The Morgan fingerprint density at radius 3 is 1.41 bits per heavy atom. The second-order valence-electron chi connectivity index (χ2n) is 4.54. The Hall–Kier alpha value is -2.44. The van der Waals surface area contributed by atoms with Crippen molar-refractivity contribution in [3.63, 3.8) is 0 Å². The summed E-state index contributed by atoms with van der Waals surface area (Å²) in [5.74, 6) is 0. The van der Waals surface area contributed by atoms with Crippen LogP contribution in [0.15, 0.2) is 36.4 Å². The molecule has 0 aromatic heterocycles. The quantitative estimate of drug-likeness (QED) is 0.369. The molecule has 110 valence electrons. The van der Waals surface area contributed by atoms with E-state index in [4.69, 9.17) is 23.2 Å². The summed E-state index contributed by atoms with van der Waals surface area (Å²) < 4.78 is 0. The van der Waals surface area contributed by atoms with Gasteiger partial charge in [0.25, 0.3) is 11.4 Å². The molecule has 0 N–H and O–H groups in total. The van der Waals surface area contributed by atoms with E-state index in [1.165, 1.54) is 36.4 Å². The zero-order chi connectivity index (χ0) is 16.0. The Kier molecular flexibility index (Phi) is 3.35. The van der Waals surface area contributed by atoms with Gasteiger partial charge in [-0.05, 0) is 24.3 Å². The summed E-state index contributed by atoms with van der Waals surface area (Å²) in [6.07, 6.45) is 0. The van der Waals surface area contributed by atoms with E-state index in [1.54, 1.807) is 0 Å². The lowest BCUT2D eigenvalue weighted by Gasteiger charge is -2.09. The zero-order valence-electron chi connectivity index (χ0n) is 10.7. The van der Waals surface area contributed by atoms with Crippen LogP contribution in [-0.2, 0) is 0 Å². The second kappa shape index (κ2) is 5.08. The lowest BCUT2D eigenvalue weighted by molar-refractivity contribution is -0.384. The van der Waals surface area contributed by atoms with Gasteiger partial charge in [0.2, 0.25) is 0 Å². The molecule has 3 aromatic rings. The number of halogens is 2. The molecule has 0 saturated carbocycles. The molecule has 22 heavy (non-hydrogen) atoms. The van der Waals surface area contributed by atoms with E-state index in [2.05, 4.69) is 0 Å². The summed E-state index contributed by atoms with van der Waals surface area (Å²) in [6.45, 7) is 0. The number of hydrogen-bond acceptors (Lipinski definition) is 4. The highest BCUT2D eigenvalue weighted by molar-refractivity contribution is 6.41. The zero-order valence-corrected chi connectivity index (χ0v) is 12.3. The van der Waals surface area contributed by atoms with Crippen LogP contribution in [0.3, 0.4) is 0 Å². The van der Waals surface area contributed by atoms with Gasteiger partial charge < -0.3 is 0 Å². The molecule has 0 fully saturated rings. The van der Waals surface area contributed by atoms with Crippen molar-refractivity contribution in [2.24, 2.45) is 0 Å². The minimum atomic E-state index is -0.601. The van der Waals surface area contributed by atoms with Crippen molar-refractivity contribution in [1.82, 2.24) is 0 Å². The van der Waals surface area contributed by atoms with Crippen molar-refractivity contribution in [2.45, 2.75) is 0 Å². The molecule has 0 spiro atoms. The molecule has 0 atom stereocenters. The molecule has 0 bridgehead atoms. The number of nitrogens with zero attached hydrogens (tertiary/aromatic N) is 2. The third-order valence-corrected chi connectivity index (χ3v) is 4.01. The van der Waals surface area contributed by atoms with Crippen molar-refractivity contribution in [3.05, 3.63) is 66.7 Å². The molecular formula is C14H6Cl2N2O4. The van der Waals surface area contributed by atoms with E-state index < -0.39 is 9.85 Å². The van der Waals surface area contributed by atoms with Gasteiger partial charge in [-0.15, -0.1) is 0 Å². The molecular weight excluding hydrogens is 331 g/mol. The maximum atomic E-state index is 11.5. The van der Waals surface area contributed by atoms with Crippen LogP contribution in [0.4, 0.5) is 11.4 Å². The number of benzene rings is 3. The molecule has 0 unspecified atom stereocenters. The molecule has 0 heterocycles. The van der Waals surface area contributed by atoms with E-state index in [9.17, 15) is 20.2 Å². The number of non-ortho nitro benzene ring substituents is 2. The van der Waals surface area contributed by atoms with E-state index in [1.807, 2.05) is 0 Å². The van der Waals surface area contributed by atoms with Crippen LogP contribution in [0, 0.1) is 20.2 Å². The van der Waals surface area contributed by atoms with Crippen molar-refractivity contribution in [2.75, 3.05) is 0 Å². The molecule has 3 rings (SSSR count). The summed E-state index contributed by atoms with van der Waals surface area (Å²) in [6, 6.07) is 8.77. The number of hydrogen-bond donors (Lipinski definition) is 0. The average molecular weight is 337 g/mol. The molecule has 8 heteroatoms. The van der Waals surface area contributed by atoms with Gasteiger partial charge in [0.15, 0.2) is 0 Å². The number of nitro groups is 2. The summed E-state index contributed by atoms with van der Waals surface area (Å²) in [4.78, 5) is 21.8. The first-order valence-corrected chi connectivity index (χ1v) is 6.80. The lowest BCUT2D eigenvalue weighted by atomic mass is 9.98. The molecule has 0 saturated heterocycles. The van der Waals surface area contributed by atoms with Crippen LogP contribution in [0.1, 0.15) is 0 Å². The van der Waals surface area contributed by atoms with E-state index in [0.29, 0.717) is 0 Å². The Morgan fingerprint density at radius 2 is 1.09 bits per heavy atom. The van der Waals surface area contributed by atoms with Crippen molar-refractivity contribution in [3.8, 4) is 0 Å². The van der Waals surface area contributed by atoms with Gasteiger partial charge in [0.05, 0.1) is 41.4 Å². The summed E-state index contributed by atoms with van der Waals surface area (Å²) >= 11 is 12.1. The first kappa shape index (κ1) is 14.5. The van der Waals surface area contributed by atoms with Crippen LogP contribution in [0.2, 0.25) is 10.0 Å². The Labute approximate surface area is 133 Å². The highest BCUT2D eigenvalue weighted by Crippen LogP contribution is 2.46. The van der Waals surface area contributed by atoms with Crippen LogP contribution in [0.25, 0.3) is 21.5 Å². The first-order valence-electron chi connectivity index (χ1n) is 6.04. The van der Waals surface area contributed by atoms with E-state index >= 15 is 0 Å². The topological polar surface area (TPSA) is 86.3 Å². The summed E-state index contributed by atoms with van der Waals surface area (Å²) in [7, 11) is 0. The number of nitro benzene ring substituents is 2. The molecule has 0 amide bonds. The number of rotatable bonds is 2. The van der Waals surface area contributed by atoms with Crippen LogP contribution in [-0.4, -0.2) is 9.85 Å². The minimum Gasteiger partial charge on any atom is -0.258 e. The van der Waals surface area contributed by atoms with Crippen LogP contribution < -0.4 is 0 Å². The predicted molar refractivity (Wildman–Crippen MR) is 84.8 cm³/mol. The average Bonchev–Trinajstić information content (AvgIpc) is 2.45. The summed E-state index contributed by atoms with van der Waals surface area (Å²) in [5, 5.41) is 23.4. The maximum Gasteiger partial charge on any atom is 0.287 e. The monoisotopic (exact) mass is 336 g/mol. The van der Waals surface area contributed by atoms with Crippen molar-refractivity contribution in [1.29, 1.82) is 0 Å². The molecule has 0 aliphatic rings. The van der Waals surface area contributed by atoms with Gasteiger partial charge in [0, 0.05) is 0 Å². The lowest BCUT2D eigenvalue weighted by Crippen LogP contribution is -1.98. The summed E-state index contributed by atoms with van der Waals surface area (Å²) in [5.41, 5.74) is -0.576. The van der Waals surface area contributed by atoms with Gasteiger partial charge in [-0.25, -0.2) is 0 Å². The van der Waals surface area contributed by atoms with Crippen molar-refractivity contribution >= 4 is 56.1 Å². The largest absolute Gasteiger partial charge is 0.287 e. The minimum absolute atomic E-state index is 0.0376. The van der Waals surface area contributed by atoms with Gasteiger partial charge >= 0.3 is 0 Å². The Morgan fingerprint density at radius 1 is 0.727 bits per heavy atom. The van der Waals surface area contributed by atoms with E-state index in [0.717, 1.165) is 0 Å². The molecule has 3 aromatic carbocycles. The van der Waals surface area contributed by atoms with Gasteiger partial charge in [-0.2, -0.15) is 0 Å². The first-order chi connectivity index (χ1) is 10.4. The smallest absolute Gasteiger partial charge is 0.258 e. The predicted octanol–water partition coefficient (Wildman–Crippen LogP) is 5.12.